The van der Waals surface area contributed by atoms with Crippen LogP contribution in [0.5, 0.6) is 0 Å². The first kappa shape index (κ1) is 23.5. The second kappa shape index (κ2) is 9.30. The number of rotatable bonds is 6. The number of carboxylic acids is 1. The maximum Gasteiger partial charge on any atom is 0.333 e. The molecule has 0 spiro atoms. The SMILES string of the molecule is CC(C)=CCn1c(N2CCCC(N)C2)nc2c1c(=O)n(C(C(=O)O)c1ccccc1)c(=O)n2C. The third kappa shape index (κ3) is 4.16. The highest BCUT2D eigenvalue weighted by Gasteiger charge is 2.31. The van der Waals surface area contributed by atoms with Gasteiger partial charge in [0.05, 0.1) is 0 Å². The number of nitrogens with zero attached hydrogens (tertiary/aromatic N) is 5. The molecule has 0 radical (unpaired) electrons. The van der Waals surface area contributed by atoms with Gasteiger partial charge in [-0.15, -0.1) is 0 Å². The third-order valence-corrected chi connectivity index (χ3v) is 6.19. The molecule has 2 unspecified atom stereocenters. The average Bonchev–Trinajstić information content (AvgIpc) is 3.19. The summed E-state index contributed by atoms with van der Waals surface area (Å²) in [5, 5.41) is 10.0. The van der Waals surface area contributed by atoms with E-state index >= 15 is 0 Å². The van der Waals surface area contributed by atoms with E-state index in [4.69, 9.17) is 10.7 Å². The molecule has 0 aliphatic carbocycles. The van der Waals surface area contributed by atoms with E-state index in [2.05, 4.69) is 0 Å². The minimum atomic E-state index is -1.46. The monoisotopic (exact) mass is 466 g/mol. The molecule has 3 N–H and O–H groups in total. The zero-order valence-electron chi connectivity index (χ0n) is 19.6. The fourth-order valence-corrected chi connectivity index (χ4v) is 4.47. The molecule has 2 atom stereocenters. The Morgan fingerprint density at radius 3 is 2.59 bits per heavy atom. The first-order chi connectivity index (χ1) is 16.2. The van der Waals surface area contributed by atoms with Gasteiger partial charge in [-0.25, -0.2) is 14.2 Å². The number of nitrogens with two attached hydrogens (primary N) is 1. The van der Waals surface area contributed by atoms with Crippen molar-refractivity contribution < 1.29 is 9.90 Å². The summed E-state index contributed by atoms with van der Waals surface area (Å²) in [7, 11) is 1.51. The fourth-order valence-electron chi connectivity index (χ4n) is 4.47. The maximum atomic E-state index is 13.8. The summed E-state index contributed by atoms with van der Waals surface area (Å²) >= 11 is 0. The molecule has 10 heteroatoms. The standard InChI is InChI=1S/C24H30N6O4/c1-15(2)11-13-29-19-20(26-23(29)28-12-7-10-17(25)14-28)27(3)24(34)30(21(19)31)18(22(32)33)16-8-5-4-6-9-16/h4-6,8-9,11,17-18H,7,10,12-14,25H2,1-3H3,(H,32,33). The Balaban J connectivity index is 2.03. The number of aliphatic carboxylic acids is 1. The molecule has 0 amide bonds. The van der Waals surface area contributed by atoms with Crippen LogP contribution in [0.2, 0.25) is 0 Å². The van der Waals surface area contributed by atoms with Gasteiger partial charge in [0.25, 0.3) is 5.56 Å². The zero-order valence-corrected chi connectivity index (χ0v) is 19.6. The quantitative estimate of drug-likeness (QED) is 0.526. The topological polar surface area (TPSA) is 128 Å². The van der Waals surface area contributed by atoms with Crippen LogP contribution in [0.25, 0.3) is 11.2 Å². The molecule has 3 heterocycles. The van der Waals surface area contributed by atoms with Gasteiger partial charge >= 0.3 is 11.7 Å². The van der Waals surface area contributed by atoms with Crippen molar-refractivity contribution in [2.24, 2.45) is 12.8 Å². The molecular formula is C24H30N6O4. The highest BCUT2D eigenvalue weighted by molar-refractivity contribution is 5.78. The van der Waals surface area contributed by atoms with Gasteiger partial charge in [-0.05, 0) is 32.3 Å². The highest BCUT2D eigenvalue weighted by atomic mass is 16.4. The molecule has 1 fully saturated rings. The predicted molar refractivity (Wildman–Crippen MR) is 130 cm³/mol. The molecule has 4 rings (SSSR count). The average molecular weight is 467 g/mol. The van der Waals surface area contributed by atoms with E-state index in [1.807, 2.05) is 24.8 Å². The lowest BCUT2D eigenvalue weighted by Crippen LogP contribution is -2.45. The second-order valence-electron chi connectivity index (χ2n) is 8.99. The van der Waals surface area contributed by atoms with E-state index in [0.29, 0.717) is 24.6 Å². The molecule has 1 aliphatic heterocycles. The lowest BCUT2D eigenvalue weighted by atomic mass is 10.1. The normalized spacial score (nSPS) is 17.1. The number of anilines is 1. The van der Waals surface area contributed by atoms with Crippen LogP contribution in [-0.2, 0) is 18.4 Å². The number of imidazole rings is 1. The van der Waals surface area contributed by atoms with Crippen LogP contribution in [0.3, 0.4) is 0 Å². The Morgan fingerprint density at radius 1 is 1.26 bits per heavy atom. The Labute approximate surface area is 196 Å². The summed E-state index contributed by atoms with van der Waals surface area (Å²) in [6.07, 6.45) is 3.77. The van der Waals surface area contributed by atoms with E-state index in [9.17, 15) is 19.5 Å². The number of hydrogen-bond acceptors (Lipinski definition) is 6. The zero-order chi connectivity index (χ0) is 24.6. The van der Waals surface area contributed by atoms with Crippen molar-refractivity contribution in [2.75, 3.05) is 18.0 Å². The van der Waals surface area contributed by atoms with Crippen molar-refractivity contribution in [3.8, 4) is 0 Å². The van der Waals surface area contributed by atoms with E-state index in [1.165, 1.54) is 11.6 Å². The van der Waals surface area contributed by atoms with Gasteiger partial charge in [-0.2, -0.15) is 4.98 Å². The van der Waals surface area contributed by atoms with Gasteiger partial charge in [0.15, 0.2) is 17.2 Å². The third-order valence-electron chi connectivity index (χ3n) is 6.19. The minimum Gasteiger partial charge on any atom is -0.479 e. The van der Waals surface area contributed by atoms with Crippen LogP contribution < -0.4 is 21.9 Å². The number of benzene rings is 1. The Bertz CT molecular complexity index is 1360. The largest absolute Gasteiger partial charge is 0.479 e. The van der Waals surface area contributed by atoms with Crippen LogP contribution in [-0.4, -0.2) is 48.9 Å². The summed E-state index contributed by atoms with van der Waals surface area (Å²) in [5.41, 5.74) is 6.59. The predicted octanol–water partition coefficient (Wildman–Crippen LogP) is 1.46. The van der Waals surface area contributed by atoms with Crippen LogP contribution in [0.15, 0.2) is 51.6 Å². The van der Waals surface area contributed by atoms with Crippen LogP contribution in [0.4, 0.5) is 5.95 Å². The number of piperidine rings is 1. The molecule has 1 saturated heterocycles. The maximum absolute atomic E-state index is 13.8. The molecule has 180 valence electrons. The lowest BCUT2D eigenvalue weighted by molar-refractivity contribution is -0.139. The molecule has 3 aromatic rings. The first-order valence-electron chi connectivity index (χ1n) is 11.3. The van der Waals surface area contributed by atoms with Gasteiger partial charge in [0.1, 0.15) is 0 Å². The van der Waals surface area contributed by atoms with Crippen molar-refractivity contribution in [3.63, 3.8) is 0 Å². The lowest BCUT2D eigenvalue weighted by Gasteiger charge is -2.31. The number of fused-ring (bicyclic) bond motifs is 1. The summed E-state index contributed by atoms with van der Waals surface area (Å²) in [6.45, 7) is 5.59. The Morgan fingerprint density at radius 2 is 1.97 bits per heavy atom. The van der Waals surface area contributed by atoms with Gasteiger partial charge in [-0.1, -0.05) is 42.0 Å². The van der Waals surface area contributed by atoms with E-state index in [1.54, 1.807) is 34.9 Å². The second-order valence-corrected chi connectivity index (χ2v) is 8.99. The van der Waals surface area contributed by atoms with E-state index < -0.39 is 23.3 Å². The van der Waals surface area contributed by atoms with Gasteiger partial charge in [0.2, 0.25) is 5.95 Å². The number of hydrogen-bond donors (Lipinski definition) is 2. The molecule has 1 aromatic carbocycles. The van der Waals surface area contributed by atoms with Gasteiger partial charge in [-0.3, -0.25) is 9.36 Å². The molecule has 1 aliphatic rings. The molecular weight excluding hydrogens is 436 g/mol. The summed E-state index contributed by atoms with van der Waals surface area (Å²) < 4.78 is 3.83. The van der Waals surface area contributed by atoms with Crippen molar-refractivity contribution in [1.29, 1.82) is 0 Å². The smallest absolute Gasteiger partial charge is 0.333 e. The van der Waals surface area contributed by atoms with Crippen LogP contribution >= 0.6 is 0 Å². The van der Waals surface area contributed by atoms with Crippen LogP contribution in [0.1, 0.15) is 38.3 Å². The van der Waals surface area contributed by atoms with Crippen molar-refractivity contribution >= 4 is 23.1 Å². The molecule has 34 heavy (non-hydrogen) atoms. The van der Waals surface area contributed by atoms with Gasteiger partial charge < -0.3 is 20.3 Å². The summed E-state index contributed by atoms with van der Waals surface area (Å²) in [5.74, 6) is -0.735. The highest BCUT2D eigenvalue weighted by Crippen LogP contribution is 2.24. The Kier molecular flexibility index (Phi) is 6.43. The minimum absolute atomic E-state index is 0.0135. The van der Waals surface area contributed by atoms with Crippen molar-refractivity contribution in [1.82, 2.24) is 18.7 Å². The Hall–Kier alpha value is -3.66. The fraction of sp³-hybridized carbons (Fsp3) is 0.417. The van der Waals surface area contributed by atoms with Crippen molar-refractivity contribution in [3.05, 3.63) is 68.4 Å². The van der Waals surface area contributed by atoms with Gasteiger partial charge in [0, 0.05) is 32.7 Å². The first-order valence-corrected chi connectivity index (χ1v) is 11.3. The molecule has 10 nitrogen and oxygen atoms in total. The van der Waals surface area contributed by atoms with E-state index in [0.717, 1.165) is 29.5 Å². The van der Waals surface area contributed by atoms with Crippen molar-refractivity contribution in [2.45, 2.75) is 45.3 Å². The van der Waals surface area contributed by atoms with Crippen LogP contribution in [0, 0.1) is 0 Å². The number of aromatic nitrogens is 4. The number of carboxylic acid groups (broad SMARTS) is 1. The summed E-state index contributed by atoms with van der Waals surface area (Å²) in [4.78, 5) is 46.1. The molecule has 0 saturated carbocycles. The molecule has 2 aromatic heterocycles. The number of carbonyl (C=O) groups is 1. The van der Waals surface area contributed by atoms with E-state index in [-0.39, 0.29) is 17.2 Å². The number of allylic oxidation sites excluding steroid dienone is 2. The molecule has 0 bridgehead atoms. The number of aryl methyl sites for hydroxylation is 1. The summed E-state index contributed by atoms with van der Waals surface area (Å²) in [6, 6.07) is 6.81.